The molecule has 0 bridgehead atoms. The normalized spacial score (nSPS) is 11.3. The Morgan fingerprint density at radius 2 is 1.95 bits per heavy atom. The molecule has 0 spiro atoms. The van der Waals surface area contributed by atoms with E-state index in [1.54, 1.807) is 42.8 Å². The van der Waals surface area contributed by atoms with E-state index in [4.69, 9.17) is 11.1 Å². The number of benzene rings is 1. The quantitative estimate of drug-likeness (QED) is 0.571. The number of aromatic nitrogens is 2. The number of anilines is 1. The average Bonchev–Trinajstić information content (AvgIpc) is 2.71. The maximum atomic E-state index is 12.1. The number of nitrogens with one attached hydrogen (secondary N) is 2. The monoisotopic (exact) mass is 293 g/mol. The van der Waals surface area contributed by atoms with E-state index in [-0.39, 0.29) is 10.9 Å². The van der Waals surface area contributed by atoms with E-state index >= 15 is 0 Å². The molecule has 0 radical (unpaired) electrons. The smallest absolute Gasteiger partial charge is 0.280 e. The fraction of sp³-hybridized carbons (Fsp3) is 0.167. The molecule has 1 aromatic carbocycles. The number of nitrogen functional groups attached to an aromatic ring is 1. The van der Waals surface area contributed by atoms with Crippen LogP contribution in [0.5, 0.6) is 0 Å². The van der Waals surface area contributed by atoms with Gasteiger partial charge >= 0.3 is 0 Å². The predicted molar refractivity (Wildman–Crippen MR) is 76.2 cm³/mol. The van der Waals surface area contributed by atoms with Gasteiger partial charge in [0, 0.05) is 24.5 Å². The van der Waals surface area contributed by atoms with E-state index in [2.05, 4.69) is 9.71 Å². The van der Waals surface area contributed by atoms with Crippen molar-refractivity contribution in [2.45, 2.75) is 11.9 Å². The van der Waals surface area contributed by atoms with E-state index in [1.165, 1.54) is 6.20 Å². The maximum absolute atomic E-state index is 12.1. The first-order valence-corrected chi connectivity index (χ1v) is 7.25. The number of nitrogens with two attached hydrogens (primary N) is 1. The van der Waals surface area contributed by atoms with Crippen molar-refractivity contribution in [3.63, 3.8) is 0 Å². The molecule has 106 valence electrons. The summed E-state index contributed by atoms with van der Waals surface area (Å²) in [4.78, 5) is 3.98. The Bertz CT molecular complexity index is 727. The van der Waals surface area contributed by atoms with Crippen molar-refractivity contribution < 1.29 is 8.42 Å². The van der Waals surface area contributed by atoms with E-state index in [0.29, 0.717) is 17.1 Å². The lowest BCUT2D eigenvalue weighted by Gasteiger charge is -2.06. The van der Waals surface area contributed by atoms with Gasteiger partial charge in [-0.3, -0.25) is 10.1 Å². The van der Waals surface area contributed by atoms with E-state index < -0.39 is 10.0 Å². The van der Waals surface area contributed by atoms with E-state index in [0.717, 1.165) is 0 Å². The van der Waals surface area contributed by atoms with Gasteiger partial charge in [0.2, 0.25) is 0 Å². The summed E-state index contributed by atoms with van der Waals surface area (Å²) in [7, 11) is -1.99. The maximum Gasteiger partial charge on any atom is 0.280 e. The summed E-state index contributed by atoms with van der Waals surface area (Å²) >= 11 is 0. The number of amidine groups is 1. The summed E-state index contributed by atoms with van der Waals surface area (Å²) in [6.07, 6.45) is 1.45. The van der Waals surface area contributed by atoms with Crippen LogP contribution in [0, 0.1) is 12.3 Å². The molecule has 0 saturated carbocycles. The number of aryl methyl sites for hydroxylation is 2. The number of hydrogen-bond donors (Lipinski definition) is 3. The van der Waals surface area contributed by atoms with Crippen LogP contribution in [0.2, 0.25) is 0 Å². The van der Waals surface area contributed by atoms with Crippen LogP contribution in [0.3, 0.4) is 0 Å². The fourth-order valence-electron chi connectivity index (χ4n) is 1.58. The molecule has 0 aliphatic rings. The number of imidazole rings is 1. The second-order valence-corrected chi connectivity index (χ2v) is 5.96. The Morgan fingerprint density at radius 1 is 1.35 bits per heavy atom. The molecule has 4 N–H and O–H groups in total. The molecule has 0 atom stereocenters. The van der Waals surface area contributed by atoms with Gasteiger partial charge in [-0.2, -0.15) is 8.42 Å². The molecule has 0 fully saturated rings. The molecular weight excluding hydrogens is 278 g/mol. The second kappa shape index (κ2) is 4.97. The molecule has 8 heteroatoms. The van der Waals surface area contributed by atoms with E-state index in [1.807, 2.05) is 0 Å². The molecule has 7 nitrogen and oxygen atoms in total. The van der Waals surface area contributed by atoms with Crippen LogP contribution < -0.4 is 10.5 Å². The molecule has 1 aromatic heterocycles. The zero-order valence-electron chi connectivity index (χ0n) is 11.1. The number of sulfonamides is 1. The van der Waals surface area contributed by atoms with Crippen molar-refractivity contribution in [2.24, 2.45) is 12.8 Å². The molecule has 20 heavy (non-hydrogen) atoms. The Labute approximate surface area is 117 Å². The van der Waals surface area contributed by atoms with E-state index in [9.17, 15) is 8.42 Å². The minimum atomic E-state index is -3.71. The Balaban J connectivity index is 2.26. The fourth-order valence-corrected chi connectivity index (χ4v) is 2.68. The standard InChI is InChI=1S/C12H15N5O2S/c1-8-15-11(7-17(8)2)20(18,19)16-10-5-3-9(4-6-10)12(13)14/h3-7,16H,1-2H3,(H3,13,14). The van der Waals surface area contributed by atoms with Crippen LogP contribution in [0.4, 0.5) is 5.69 Å². The zero-order chi connectivity index (χ0) is 14.9. The molecule has 0 aliphatic carbocycles. The summed E-state index contributed by atoms with van der Waals surface area (Å²) in [5.41, 5.74) is 6.25. The van der Waals surface area contributed by atoms with Crippen LogP contribution in [0.25, 0.3) is 0 Å². The molecule has 0 saturated heterocycles. The van der Waals surface area contributed by atoms with Crippen molar-refractivity contribution in [3.8, 4) is 0 Å². The van der Waals surface area contributed by atoms with Crippen molar-refractivity contribution >= 4 is 21.5 Å². The van der Waals surface area contributed by atoms with Crippen molar-refractivity contribution in [3.05, 3.63) is 41.9 Å². The highest BCUT2D eigenvalue weighted by Gasteiger charge is 2.18. The van der Waals surface area contributed by atoms with Crippen LogP contribution in [-0.4, -0.2) is 23.8 Å². The van der Waals surface area contributed by atoms with Crippen LogP contribution >= 0.6 is 0 Å². The molecule has 0 unspecified atom stereocenters. The highest BCUT2D eigenvalue weighted by molar-refractivity contribution is 7.92. The molecule has 0 amide bonds. The number of rotatable bonds is 4. The summed E-state index contributed by atoms with van der Waals surface area (Å²) in [5.74, 6) is 0.539. The Morgan fingerprint density at radius 3 is 2.40 bits per heavy atom. The van der Waals surface area contributed by atoms with Gasteiger partial charge in [-0.15, -0.1) is 0 Å². The first kappa shape index (κ1) is 14.1. The summed E-state index contributed by atoms with van der Waals surface area (Å²) in [6, 6.07) is 6.24. The largest absolute Gasteiger partial charge is 0.384 e. The van der Waals surface area contributed by atoms with Gasteiger partial charge < -0.3 is 10.3 Å². The minimum absolute atomic E-state index is 0.0341. The molecular formula is C12H15N5O2S. The first-order chi connectivity index (χ1) is 9.29. The molecule has 2 aromatic rings. The predicted octanol–water partition coefficient (Wildman–Crippen LogP) is 0.813. The minimum Gasteiger partial charge on any atom is -0.384 e. The third kappa shape index (κ3) is 2.80. The lowest BCUT2D eigenvalue weighted by atomic mass is 10.2. The lowest BCUT2D eigenvalue weighted by Crippen LogP contribution is -2.14. The summed E-state index contributed by atoms with van der Waals surface area (Å²) < 4.78 is 28.3. The number of hydrogen-bond acceptors (Lipinski definition) is 4. The third-order valence-corrected chi connectivity index (χ3v) is 4.06. The highest BCUT2D eigenvalue weighted by Crippen LogP contribution is 2.16. The molecule has 1 heterocycles. The SMILES string of the molecule is Cc1nc(S(=O)(=O)Nc2ccc(C(=N)N)cc2)cn1C. The van der Waals surface area contributed by atoms with Crippen molar-refractivity contribution in [1.29, 1.82) is 5.41 Å². The van der Waals surface area contributed by atoms with Crippen molar-refractivity contribution in [2.75, 3.05) is 4.72 Å². The molecule has 0 aliphatic heterocycles. The van der Waals surface area contributed by atoms with Crippen LogP contribution in [0.1, 0.15) is 11.4 Å². The summed E-state index contributed by atoms with van der Waals surface area (Å²) in [5, 5.41) is 7.24. The zero-order valence-corrected chi connectivity index (χ0v) is 11.9. The van der Waals surface area contributed by atoms with Gasteiger partial charge in [0.15, 0.2) is 5.03 Å². The van der Waals surface area contributed by atoms with Gasteiger partial charge in [-0.05, 0) is 31.2 Å². The van der Waals surface area contributed by atoms with Gasteiger partial charge in [-0.1, -0.05) is 0 Å². The van der Waals surface area contributed by atoms with Gasteiger partial charge in [0.05, 0.1) is 0 Å². The Kier molecular flexibility index (Phi) is 3.49. The first-order valence-electron chi connectivity index (χ1n) is 5.77. The third-order valence-electron chi connectivity index (χ3n) is 2.81. The highest BCUT2D eigenvalue weighted by atomic mass is 32.2. The lowest BCUT2D eigenvalue weighted by molar-refractivity contribution is 0.598. The molecule has 2 rings (SSSR count). The van der Waals surface area contributed by atoms with Gasteiger partial charge in [0.25, 0.3) is 10.0 Å². The van der Waals surface area contributed by atoms with Crippen LogP contribution in [0.15, 0.2) is 35.5 Å². The Hall–Kier alpha value is -2.35. The van der Waals surface area contributed by atoms with Gasteiger partial charge in [0.1, 0.15) is 11.7 Å². The summed E-state index contributed by atoms with van der Waals surface area (Å²) in [6.45, 7) is 1.72. The topological polar surface area (TPSA) is 114 Å². The number of nitrogens with zero attached hydrogens (tertiary/aromatic N) is 2. The van der Waals surface area contributed by atoms with Crippen LogP contribution in [-0.2, 0) is 17.1 Å². The second-order valence-electron chi connectivity index (χ2n) is 4.33. The van der Waals surface area contributed by atoms with Crippen molar-refractivity contribution in [1.82, 2.24) is 9.55 Å². The average molecular weight is 293 g/mol. The van der Waals surface area contributed by atoms with Gasteiger partial charge in [-0.25, -0.2) is 4.98 Å².